The summed E-state index contributed by atoms with van der Waals surface area (Å²) in [5.41, 5.74) is 8.24. The molecule has 2 amide bonds. The Morgan fingerprint density at radius 3 is 2.38 bits per heavy atom. The fourth-order valence-corrected chi connectivity index (χ4v) is 2.29. The van der Waals surface area contributed by atoms with Crippen molar-refractivity contribution in [1.29, 1.82) is 0 Å². The number of hydrogen-bond acceptors (Lipinski definition) is 4. The molecule has 0 fully saturated rings. The average molecular weight is 355 g/mol. The molecule has 0 aliphatic rings. The third-order valence-corrected chi connectivity index (χ3v) is 4.06. The number of hydrogen-bond donors (Lipinski definition) is 2. The average Bonchev–Trinajstić information content (AvgIpc) is 2.66. The number of carbonyl (C=O) groups excluding carboxylic acids is 2. The number of nitrogens with zero attached hydrogens (tertiary/aromatic N) is 1. The first-order chi connectivity index (χ1) is 12.4. The number of nitrogens with one attached hydrogen (secondary N) is 2. The van der Waals surface area contributed by atoms with Gasteiger partial charge in [-0.2, -0.15) is 0 Å². The molecule has 26 heavy (non-hydrogen) atoms. The molecule has 6 heteroatoms. The minimum Gasteiger partial charge on any atom is -0.483 e. The van der Waals surface area contributed by atoms with Crippen LogP contribution in [0.2, 0.25) is 0 Å². The molecule has 2 aromatic rings. The second-order valence-electron chi connectivity index (χ2n) is 6.12. The minimum atomic E-state index is -0.429. The molecule has 138 valence electrons. The standard InChI is InChI=1S/C20H25N3O3/c1-5-23(4)17-10-8-16(9-11-17)20(25)22-21-19(24)13-26-18-12-14(2)6-7-15(18)3/h6-12H,5,13H2,1-4H3,(H,21,24)(H,22,25). The van der Waals surface area contributed by atoms with Crippen molar-refractivity contribution in [2.45, 2.75) is 20.8 Å². The van der Waals surface area contributed by atoms with Crippen LogP contribution in [-0.2, 0) is 4.79 Å². The zero-order valence-corrected chi connectivity index (χ0v) is 15.6. The van der Waals surface area contributed by atoms with E-state index < -0.39 is 5.91 Å². The van der Waals surface area contributed by atoms with Crippen LogP contribution in [0.5, 0.6) is 5.75 Å². The molecule has 2 N–H and O–H groups in total. The lowest BCUT2D eigenvalue weighted by Gasteiger charge is -2.16. The van der Waals surface area contributed by atoms with E-state index in [1.807, 2.05) is 51.2 Å². The third kappa shape index (κ3) is 5.24. The van der Waals surface area contributed by atoms with Crippen LogP contribution in [0.1, 0.15) is 28.4 Å². The first kappa shape index (κ1) is 19.3. The van der Waals surface area contributed by atoms with Gasteiger partial charge in [0, 0.05) is 24.8 Å². The number of ether oxygens (including phenoxy) is 1. The number of benzene rings is 2. The SMILES string of the molecule is CCN(C)c1ccc(C(=O)NNC(=O)COc2cc(C)ccc2C)cc1. The number of aryl methyl sites for hydroxylation is 2. The van der Waals surface area contributed by atoms with E-state index in [0.29, 0.717) is 11.3 Å². The molecule has 0 spiro atoms. The number of amides is 2. The predicted molar refractivity (Wildman–Crippen MR) is 102 cm³/mol. The molecule has 2 rings (SSSR count). The van der Waals surface area contributed by atoms with Crippen LogP contribution in [0.3, 0.4) is 0 Å². The summed E-state index contributed by atoms with van der Waals surface area (Å²) in [5.74, 6) is -0.153. The number of carbonyl (C=O) groups is 2. The number of hydrazine groups is 1. The zero-order valence-electron chi connectivity index (χ0n) is 15.6. The maximum atomic E-state index is 12.1. The van der Waals surface area contributed by atoms with Gasteiger partial charge in [0.1, 0.15) is 5.75 Å². The molecular weight excluding hydrogens is 330 g/mol. The van der Waals surface area contributed by atoms with Crippen molar-refractivity contribution >= 4 is 17.5 Å². The normalized spacial score (nSPS) is 10.2. The van der Waals surface area contributed by atoms with Gasteiger partial charge in [-0.15, -0.1) is 0 Å². The highest BCUT2D eigenvalue weighted by Crippen LogP contribution is 2.18. The summed E-state index contributed by atoms with van der Waals surface area (Å²) in [6, 6.07) is 12.9. The Morgan fingerprint density at radius 1 is 1.04 bits per heavy atom. The van der Waals surface area contributed by atoms with Crippen LogP contribution < -0.4 is 20.5 Å². The summed E-state index contributed by atoms with van der Waals surface area (Å²) in [5, 5.41) is 0. The molecule has 6 nitrogen and oxygen atoms in total. The van der Waals surface area contributed by atoms with E-state index in [1.54, 1.807) is 12.1 Å². The topological polar surface area (TPSA) is 70.7 Å². The summed E-state index contributed by atoms with van der Waals surface area (Å²) in [4.78, 5) is 26.0. The van der Waals surface area contributed by atoms with Gasteiger partial charge < -0.3 is 9.64 Å². The Balaban J connectivity index is 1.83. The van der Waals surface area contributed by atoms with Gasteiger partial charge in [-0.1, -0.05) is 12.1 Å². The van der Waals surface area contributed by atoms with Gasteiger partial charge in [-0.05, 0) is 62.2 Å². The monoisotopic (exact) mass is 355 g/mol. The Hall–Kier alpha value is -3.02. The van der Waals surface area contributed by atoms with Gasteiger partial charge in [0.2, 0.25) is 0 Å². The Morgan fingerprint density at radius 2 is 1.73 bits per heavy atom. The van der Waals surface area contributed by atoms with E-state index in [4.69, 9.17) is 4.74 Å². The van der Waals surface area contributed by atoms with E-state index in [1.165, 1.54) is 0 Å². The van der Waals surface area contributed by atoms with E-state index in [2.05, 4.69) is 22.7 Å². The van der Waals surface area contributed by atoms with Crippen LogP contribution in [0.4, 0.5) is 5.69 Å². The highest BCUT2D eigenvalue weighted by molar-refractivity contribution is 5.95. The van der Waals surface area contributed by atoms with Crippen LogP contribution in [-0.4, -0.2) is 32.0 Å². The molecule has 0 aromatic heterocycles. The fourth-order valence-electron chi connectivity index (χ4n) is 2.29. The van der Waals surface area contributed by atoms with Crippen molar-refractivity contribution in [3.05, 3.63) is 59.2 Å². The predicted octanol–water partition coefficient (Wildman–Crippen LogP) is 2.60. The van der Waals surface area contributed by atoms with Crippen LogP contribution >= 0.6 is 0 Å². The molecule has 0 atom stereocenters. The summed E-state index contributed by atoms with van der Waals surface area (Å²) in [7, 11) is 1.98. The van der Waals surface area contributed by atoms with Crippen molar-refractivity contribution in [3.8, 4) is 5.75 Å². The Bertz CT molecular complexity index is 772. The molecule has 0 heterocycles. The van der Waals surface area contributed by atoms with E-state index in [0.717, 1.165) is 23.4 Å². The third-order valence-electron chi connectivity index (χ3n) is 4.06. The smallest absolute Gasteiger partial charge is 0.276 e. The van der Waals surface area contributed by atoms with Gasteiger partial charge in [0.05, 0.1) is 0 Å². The van der Waals surface area contributed by atoms with E-state index in [9.17, 15) is 9.59 Å². The molecule has 0 unspecified atom stereocenters. The van der Waals surface area contributed by atoms with Crippen LogP contribution in [0.15, 0.2) is 42.5 Å². The summed E-state index contributed by atoms with van der Waals surface area (Å²) >= 11 is 0. The second-order valence-corrected chi connectivity index (χ2v) is 6.12. The van der Waals surface area contributed by atoms with Crippen molar-refractivity contribution in [3.63, 3.8) is 0 Å². The lowest BCUT2D eigenvalue weighted by molar-refractivity contribution is -0.123. The van der Waals surface area contributed by atoms with Gasteiger partial charge in [-0.25, -0.2) is 0 Å². The molecule has 0 radical (unpaired) electrons. The van der Waals surface area contributed by atoms with Crippen molar-refractivity contribution in [1.82, 2.24) is 10.9 Å². The van der Waals surface area contributed by atoms with Gasteiger partial charge in [0.25, 0.3) is 11.8 Å². The zero-order chi connectivity index (χ0) is 19.1. The molecular formula is C20H25N3O3. The molecule has 0 bridgehead atoms. The molecule has 0 saturated heterocycles. The van der Waals surface area contributed by atoms with Gasteiger partial charge in [0.15, 0.2) is 6.61 Å². The fraction of sp³-hybridized carbons (Fsp3) is 0.300. The maximum Gasteiger partial charge on any atom is 0.276 e. The summed E-state index contributed by atoms with van der Waals surface area (Å²) in [6.45, 7) is 6.62. The van der Waals surface area contributed by atoms with E-state index in [-0.39, 0.29) is 12.5 Å². The minimum absolute atomic E-state index is 0.176. The molecule has 0 aliphatic heterocycles. The number of rotatable bonds is 6. The summed E-state index contributed by atoms with van der Waals surface area (Å²) < 4.78 is 5.50. The largest absolute Gasteiger partial charge is 0.483 e. The lowest BCUT2D eigenvalue weighted by Crippen LogP contribution is -2.43. The Kier molecular flexibility index (Phi) is 6.60. The first-order valence-electron chi connectivity index (χ1n) is 8.51. The van der Waals surface area contributed by atoms with Crippen LogP contribution in [0.25, 0.3) is 0 Å². The van der Waals surface area contributed by atoms with Crippen molar-refractivity contribution < 1.29 is 14.3 Å². The van der Waals surface area contributed by atoms with Gasteiger partial charge >= 0.3 is 0 Å². The quantitative estimate of drug-likeness (QED) is 0.782. The van der Waals surface area contributed by atoms with E-state index >= 15 is 0 Å². The molecule has 0 aliphatic carbocycles. The highest BCUT2D eigenvalue weighted by Gasteiger charge is 2.09. The van der Waals surface area contributed by atoms with Crippen molar-refractivity contribution in [2.75, 3.05) is 25.1 Å². The highest BCUT2D eigenvalue weighted by atomic mass is 16.5. The molecule has 2 aromatic carbocycles. The lowest BCUT2D eigenvalue weighted by atomic mass is 10.1. The van der Waals surface area contributed by atoms with Crippen molar-refractivity contribution in [2.24, 2.45) is 0 Å². The Labute approximate surface area is 154 Å². The van der Waals surface area contributed by atoms with Crippen LogP contribution in [0, 0.1) is 13.8 Å². The second kappa shape index (κ2) is 8.89. The summed E-state index contributed by atoms with van der Waals surface area (Å²) in [6.07, 6.45) is 0. The van der Waals surface area contributed by atoms with Gasteiger partial charge in [-0.3, -0.25) is 20.4 Å². The first-order valence-corrected chi connectivity index (χ1v) is 8.51. The molecule has 0 saturated carbocycles. The number of anilines is 1. The maximum absolute atomic E-state index is 12.1.